The Bertz CT molecular complexity index is 924. The minimum atomic E-state index is -0.363. The molecule has 6 nitrogen and oxygen atoms in total. The molecule has 1 amide bonds. The van der Waals surface area contributed by atoms with Crippen LogP contribution in [0.15, 0.2) is 45.1 Å². The van der Waals surface area contributed by atoms with Crippen LogP contribution in [0.2, 0.25) is 0 Å². The number of rotatable bonds is 10. The Labute approximate surface area is 172 Å². The van der Waals surface area contributed by atoms with E-state index in [-0.39, 0.29) is 11.5 Å². The van der Waals surface area contributed by atoms with Crippen LogP contribution in [0.25, 0.3) is 11.0 Å². The number of carbonyl (C=O) groups excluding carboxylic acids is 1. The fourth-order valence-electron chi connectivity index (χ4n) is 3.20. The summed E-state index contributed by atoms with van der Waals surface area (Å²) >= 11 is 0. The Morgan fingerprint density at radius 2 is 1.93 bits per heavy atom. The number of allylic oxidation sites excluding steroid dienone is 2. The lowest BCUT2D eigenvalue weighted by molar-refractivity contribution is -0.882. The van der Waals surface area contributed by atoms with Gasteiger partial charge in [-0.25, -0.2) is 4.79 Å². The van der Waals surface area contributed by atoms with E-state index in [0.29, 0.717) is 36.2 Å². The lowest BCUT2D eigenvalue weighted by Crippen LogP contribution is -2.48. The van der Waals surface area contributed by atoms with Crippen LogP contribution in [0.5, 0.6) is 5.75 Å². The molecule has 1 aromatic carbocycles. The van der Waals surface area contributed by atoms with Gasteiger partial charge in [-0.1, -0.05) is 11.6 Å². The van der Waals surface area contributed by atoms with Crippen LogP contribution in [0.3, 0.4) is 0 Å². The van der Waals surface area contributed by atoms with Crippen LogP contribution in [0, 0.1) is 0 Å². The molecule has 0 aliphatic rings. The van der Waals surface area contributed by atoms with Crippen molar-refractivity contribution in [3.63, 3.8) is 0 Å². The van der Waals surface area contributed by atoms with E-state index in [0.717, 1.165) is 29.7 Å². The molecular formula is C23H33N2O4+. The Morgan fingerprint density at radius 1 is 1.21 bits per heavy atom. The van der Waals surface area contributed by atoms with E-state index >= 15 is 0 Å². The molecule has 0 fully saturated rings. The van der Waals surface area contributed by atoms with Crippen LogP contribution >= 0.6 is 0 Å². The molecule has 0 saturated heterocycles. The van der Waals surface area contributed by atoms with Gasteiger partial charge in [-0.05, 0) is 45.4 Å². The Morgan fingerprint density at radius 3 is 2.62 bits per heavy atom. The number of amides is 1. The van der Waals surface area contributed by atoms with E-state index < -0.39 is 0 Å². The second kappa shape index (κ2) is 10.3. The number of nitrogens with one attached hydrogen (secondary N) is 1. The third-order valence-electron chi connectivity index (χ3n) is 4.67. The first-order chi connectivity index (χ1) is 13.7. The molecule has 2 aromatic rings. The summed E-state index contributed by atoms with van der Waals surface area (Å²) in [6.07, 6.45) is 3.55. The van der Waals surface area contributed by atoms with Crippen molar-refractivity contribution in [2.45, 2.75) is 33.6 Å². The van der Waals surface area contributed by atoms with Crippen LogP contribution in [0.1, 0.15) is 32.8 Å². The van der Waals surface area contributed by atoms with E-state index in [1.165, 1.54) is 11.6 Å². The molecule has 0 unspecified atom stereocenters. The lowest BCUT2D eigenvalue weighted by atomic mass is 10.1. The highest BCUT2D eigenvalue weighted by Gasteiger charge is 2.19. The summed E-state index contributed by atoms with van der Waals surface area (Å²) in [7, 11) is 4.08. The molecule has 6 heteroatoms. The number of hydrogen-bond donors (Lipinski definition) is 1. The molecule has 1 N–H and O–H groups in total. The standard InChI is InChI=1S/C23H32N2O4/c1-6-24-21(26)16-25(4,5)14-7-15-28-20-12-9-18-10-13-22(27)29-23(18)19(20)11-8-17(2)3/h8-10,12-13H,6-7,11,14-16H2,1-5H3/p+1. The van der Waals surface area contributed by atoms with Crippen molar-refractivity contribution in [1.29, 1.82) is 0 Å². The second-order valence-corrected chi connectivity index (χ2v) is 8.17. The summed E-state index contributed by atoms with van der Waals surface area (Å²) in [6.45, 7) is 8.44. The predicted molar refractivity (Wildman–Crippen MR) is 116 cm³/mol. The van der Waals surface area contributed by atoms with E-state index in [1.54, 1.807) is 6.07 Å². The van der Waals surface area contributed by atoms with Gasteiger partial charge >= 0.3 is 5.63 Å². The van der Waals surface area contributed by atoms with E-state index in [1.807, 2.05) is 47.0 Å². The maximum Gasteiger partial charge on any atom is 0.336 e. The Balaban J connectivity index is 2.09. The number of quaternary nitrogens is 1. The fourth-order valence-corrected chi connectivity index (χ4v) is 3.20. The number of carbonyl (C=O) groups is 1. The fraction of sp³-hybridized carbons (Fsp3) is 0.478. The average molecular weight is 402 g/mol. The SMILES string of the molecule is CCNC(=O)C[N+](C)(C)CCCOc1ccc2ccc(=O)oc2c1CC=C(C)C. The topological polar surface area (TPSA) is 68.5 Å². The molecular weight excluding hydrogens is 368 g/mol. The van der Waals surface area contributed by atoms with Gasteiger partial charge in [0.1, 0.15) is 11.3 Å². The van der Waals surface area contributed by atoms with Gasteiger partial charge in [-0.2, -0.15) is 0 Å². The normalized spacial score (nSPS) is 11.3. The quantitative estimate of drug-likeness (QED) is 0.287. The molecule has 0 spiro atoms. The highest BCUT2D eigenvalue weighted by Crippen LogP contribution is 2.28. The summed E-state index contributed by atoms with van der Waals surface area (Å²) in [4.78, 5) is 23.6. The Kier molecular flexibility index (Phi) is 8.02. The van der Waals surface area contributed by atoms with Gasteiger partial charge in [-0.15, -0.1) is 0 Å². The van der Waals surface area contributed by atoms with Crippen LogP contribution in [-0.4, -0.2) is 50.7 Å². The van der Waals surface area contributed by atoms with E-state index in [2.05, 4.69) is 11.4 Å². The summed E-state index contributed by atoms with van der Waals surface area (Å²) in [5, 5.41) is 3.73. The molecule has 158 valence electrons. The number of fused-ring (bicyclic) bond motifs is 1. The molecule has 0 radical (unpaired) electrons. The van der Waals surface area contributed by atoms with Crippen molar-refractivity contribution in [3.8, 4) is 5.75 Å². The van der Waals surface area contributed by atoms with E-state index in [9.17, 15) is 9.59 Å². The van der Waals surface area contributed by atoms with Crippen molar-refractivity contribution in [2.75, 3.05) is 40.3 Å². The average Bonchev–Trinajstić information content (AvgIpc) is 2.63. The lowest BCUT2D eigenvalue weighted by Gasteiger charge is -2.29. The third kappa shape index (κ3) is 7.06. The smallest absolute Gasteiger partial charge is 0.336 e. The van der Waals surface area contributed by atoms with Gasteiger partial charge in [0, 0.05) is 30.0 Å². The number of ether oxygens (including phenoxy) is 1. The van der Waals surface area contributed by atoms with Crippen LogP contribution in [0.4, 0.5) is 0 Å². The van der Waals surface area contributed by atoms with Crippen molar-refractivity contribution < 1.29 is 18.4 Å². The van der Waals surface area contributed by atoms with Crippen molar-refractivity contribution in [2.24, 2.45) is 0 Å². The number of hydrogen-bond acceptors (Lipinski definition) is 4. The maximum atomic E-state index is 11.8. The molecule has 29 heavy (non-hydrogen) atoms. The molecule has 1 aromatic heterocycles. The maximum absolute atomic E-state index is 11.8. The van der Waals surface area contributed by atoms with Gasteiger partial charge in [0.25, 0.3) is 5.91 Å². The van der Waals surface area contributed by atoms with Gasteiger partial charge in [-0.3, -0.25) is 4.79 Å². The number of benzene rings is 1. The zero-order valence-corrected chi connectivity index (χ0v) is 18.2. The second-order valence-electron chi connectivity index (χ2n) is 8.17. The van der Waals surface area contributed by atoms with Gasteiger partial charge in [0.05, 0.1) is 27.2 Å². The van der Waals surface area contributed by atoms with Gasteiger partial charge in [0.15, 0.2) is 6.54 Å². The minimum absolute atomic E-state index is 0.0620. The first-order valence-corrected chi connectivity index (χ1v) is 10.1. The largest absolute Gasteiger partial charge is 0.493 e. The predicted octanol–water partition coefficient (Wildman–Crippen LogP) is 3.28. The minimum Gasteiger partial charge on any atom is -0.493 e. The van der Waals surface area contributed by atoms with Crippen molar-refractivity contribution in [1.82, 2.24) is 5.32 Å². The molecule has 0 aliphatic carbocycles. The first-order valence-electron chi connectivity index (χ1n) is 10.1. The van der Waals surface area contributed by atoms with Crippen LogP contribution in [-0.2, 0) is 11.2 Å². The molecule has 1 heterocycles. The van der Waals surface area contributed by atoms with E-state index in [4.69, 9.17) is 9.15 Å². The highest BCUT2D eigenvalue weighted by molar-refractivity contribution is 5.82. The van der Waals surface area contributed by atoms with Crippen LogP contribution < -0.4 is 15.7 Å². The molecule has 0 bridgehead atoms. The van der Waals surface area contributed by atoms with Gasteiger partial charge in [0.2, 0.25) is 0 Å². The molecule has 0 saturated carbocycles. The summed E-state index contributed by atoms with van der Waals surface area (Å²) in [6, 6.07) is 7.06. The monoisotopic (exact) mass is 401 g/mol. The third-order valence-corrected chi connectivity index (χ3v) is 4.67. The highest BCUT2D eigenvalue weighted by atomic mass is 16.5. The summed E-state index contributed by atoms with van der Waals surface area (Å²) < 4.78 is 12.1. The summed E-state index contributed by atoms with van der Waals surface area (Å²) in [5.74, 6) is 0.797. The Hall–Kier alpha value is -2.60. The molecule has 2 rings (SSSR count). The number of nitrogens with zero attached hydrogens (tertiary/aromatic N) is 1. The summed E-state index contributed by atoms with van der Waals surface area (Å²) in [5.41, 5.74) is 2.30. The van der Waals surface area contributed by atoms with Gasteiger partial charge < -0.3 is 19.0 Å². The molecule has 0 atom stereocenters. The first kappa shape index (κ1) is 22.7. The zero-order valence-electron chi connectivity index (χ0n) is 18.2. The van der Waals surface area contributed by atoms with Crippen molar-refractivity contribution in [3.05, 3.63) is 51.9 Å². The van der Waals surface area contributed by atoms with Crippen molar-refractivity contribution >= 4 is 16.9 Å². The number of likely N-dealkylation sites (N-methyl/N-ethyl adjacent to an activating group) is 2. The molecule has 0 aliphatic heterocycles. The zero-order chi connectivity index (χ0) is 21.4.